The van der Waals surface area contributed by atoms with Crippen LogP contribution in [-0.2, 0) is 4.79 Å². The molecular formula is C22H26N2O3. The molecule has 142 valence electrons. The van der Waals surface area contributed by atoms with Gasteiger partial charge in [-0.15, -0.1) is 0 Å². The fourth-order valence-electron chi connectivity index (χ4n) is 3.87. The molecule has 0 bridgehead atoms. The lowest BCUT2D eigenvalue weighted by molar-refractivity contribution is -0.118. The van der Waals surface area contributed by atoms with E-state index in [0.717, 1.165) is 37.0 Å². The van der Waals surface area contributed by atoms with Gasteiger partial charge >= 0.3 is 0 Å². The number of hydrogen-bond donors (Lipinski definition) is 2. The van der Waals surface area contributed by atoms with Gasteiger partial charge in [0.1, 0.15) is 5.75 Å². The Morgan fingerprint density at radius 1 is 1.04 bits per heavy atom. The molecule has 0 radical (unpaired) electrons. The smallest absolute Gasteiger partial charge is 0.253 e. The van der Waals surface area contributed by atoms with Crippen molar-refractivity contribution in [1.29, 1.82) is 0 Å². The number of nitrogens with one attached hydrogen (secondary N) is 2. The summed E-state index contributed by atoms with van der Waals surface area (Å²) in [5.41, 5.74) is 1.99. The standard InChI is InChI=1S/C22H26N2O3/c1-23-21(25)18-9-5-6-10-19(18)24-22(26)20(15-7-3-4-8-15)16-11-13-17(27-2)14-12-16/h5-6,9-15,20H,3-4,7-8H2,1-2H3,(H,23,25)(H,24,26). The molecule has 2 amide bonds. The maximum absolute atomic E-state index is 13.2. The van der Waals surface area contributed by atoms with Crippen molar-refractivity contribution in [2.45, 2.75) is 31.6 Å². The molecule has 0 heterocycles. The maximum atomic E-state index is 13.2. The van der Waals surface area contributed by atoms with Gasteiger partial charge in [-0.1, -0.05) is 37.1 Å². The van der Waals surface area contributed by atoms with Crippen molar-refractivity contribution >= 4 is 17.5 Å². The van der Waals surface area contributed by atoms with Gasteiger partial charge in [-0.2, -0.15) is 0 Å². The molecule has 2 aromatic rings. The van der Waals surface area contributed by atoms with Crippen LogP contribution < -0.4 is 15.4 Å². The minimum absolute atomic E-state index is 0.0663. The molecule has 1 saturated carbocycles. The Morgan fingerprint density at radius 2 is 1.70 bits per heavy atom. The lowest BCUT2D eigenvalue weighted by atomic mass is 9.84. The number of amides is 2. The van der Waals surface area contributed by atoms with Gasteiger partial charge < -0.3 is 15.4 Å². The van der Waals surface area contributed by atoms with Gasteiger partial charge in [0.2, 0.25) is 5.91 Å². The Labute approximate surface area is 160 Å². The maximum Gasteiger partial charge on any atom is 0.253 e. The molecule has 5 nitrogen and oxygen atoms in total. The van der Waals surface area contributed by atoms with Gasteiger partial charge in [-0.25, -0.2) is 0 Å². The van der Waals surface area contributed by atoms with Crippen LogP contribution in [0, 0.1) is 5.92 Å². The van der Waals surface area contributed by atoms with Crippen LogP contribution in [0.5, 0.6) is 5.75 Å². The molecule has 27 heavy (non-hydrogen) atoms. The molecule has 1 unspecified atom stereocenters. The number of benzene rings is 2. The number of hydrogen-bond acceptors (Lipinski definition) is 3. The van der Waals surface area contributed by atoms with Crippen molar-refractivity contribution in [3.05, 3.63) is 59.7 Å². The van der Waals surface area contributed by atoms with E-state index in [1.54, 1.807) is 32.4 Å². The summed E-state index contributed by atoms with van der Waals surface area (Å²) in [5, 5.41) is 5.62. The number of carbonyl (C=O) groups is 2. The Bertz CT molecular complexity index is 795. The number of methoxy groups -OCH3 is 1. The zero-order valence-corrected chi connectivity index (χ0v) is 15.8. The molecule has 0 saturated heterocycles. The first-order chi connectivity index (χ1) is 13.1. The van der Waals surface area contributed by atoms with Gasteiger partial charge in [0, 0.05) is 7.05 Å². The number of para-hydroxylation sites is 1. The minimum atomic E-state index is -0.240. The molecule has 0 aliphatic heterocycles. The topological polar surface area (TPSA) is 67.4 Å². The molecule has 1 fully saturated rings. The monoisotopic (exact) mass is 366 g/mol. The Kier molecular flexibility index (Phi) is 6.12. The molecule has 0 spiro atoms. The first kappa shape index (κ1) is 19.0. The normalized spacial score (nSPS) is 15.2. The van der Waals surface area contributed by atoms with Crippen molar-refractivity contribution in [3.63, 3.8) is 0 Å². The SMILES string of the molecule is CNC(=O)c1ccccc1NC(=O)C(c1ccc(OC)cc1)C1CCCC1. The second-order valence-corrected chi connectivity index (χ2v) is 6.91. The van der Waals surface area contributed by atoms with Crippen LogP contribution in [0.1, 0.15) is 47.5 Å². The predicted molar refractivity (Wildman–Crippen MR) is 106 cm³/mol. The Balaban J connectivity index is 1.88. The van der Waals surface area contributed by atoms with Gasteiger partial charge in [-0.3, -0.25) is 9.59 Å². The predicted octanol–water partition coefficient (Wildman–Crippen LogP) is 3.97. The van der Waals surface area contributed by atoms with Gasteiger partial charge in [0.25, 0.3) is 5.91 Å². The van der Waals surface area contributed by atoms with E-state index in [1.807, 2.05) is 30.3 Å². The van der Waals surface area contributed by atoms with E-state index >= 15 is 0 Å². The highest BCUT2D eigenvalue weighted by Crippen LogP contribution is 2.38. The molecule has 1 atom stereocenters. The van der Waals surface area contributed by atoms with Crippen LogP contribution in [-0.4, -0.2) is 26.0 Å². The molecule has 5 heteroatoms. The molecular weight excluding hydrogens is 340 g/mol. The van der Waals surface area contributed by atoms with E-state index in [-0.39, 0.29) is 17.7 Å². The van der Waals surface area contributed by atoms with Crippen molar-refractivity contribution in [1.82, 2.24) is 5.32 Å². The zero-order valence-electron chi connectivity index (χ0n) is 15.8. The van der Waals surface area contributed by atoms with Crippen LogP contribution in [0.15, 0.2) is 48.5 Å². The van der Waals surface area contributed by atoms with Crippen LogP contribution in [0.3, 0.4) is 0 Å². The molecule has 0 aromatic heterocycles. The average Bonchev–Trinajstić information content (AvgIpc) is 3.22. The lowest BCUT2D eigenvalue weighted by Crippen LogP contribution is -2.28. The first-order valence-corrected chi connectivity index (χ1v) is 9.40. The van der Waals surface area contributed by atoms with Crippen LogP contribution in [0.25, 0.3) is 0 Å². The van der Waals surface area contributed by atoms with Crippen molar-refractivity contribution < 1.29 is 14.3 Å². The lowest BCUT2D eigenvalue weighted by Gasteiger charge is -2.24. The van der Waals surface area contributed by atoms with E-state index in [4.69, 9.17) is 4.74 Å². The third-order valence-electron chi connectivity index (χ3n) is 5.29. The highest BCUT2D eigenvalue weighted by Gasteiger charge is 2.32. The Morgan fingerprint density at radius 3 is 2.33 bits per heavy atom. The van der Waals surface area contributed by atoms with Crippen molar-refractivity contribution in [2.75, 3.05) is 19.5 Å². The number of rotatable bonds is 6. The fourth-order valence-corrected chi connectivity index (χ4v) is 3.87. The number of ether oxygens (including phenoxy) is 1. The van der Waals surface area contributed by atoms with Crippen LogP contribution >= 0.6 is 0 Å². The third kappa shape index (κ3) is 4.30. The second-order valence-electron chi connectivity index (χ2n) is 6.91. The summed E-state index contributed by atoms with van der Waals surface area (Å²) < 4.78 is 5.24. The van der Waals surface area contributed by atoms with Gasteiger partial charge in [-0.05, 0) is 48.6 Å². The number of carbonyl (C=O) groups excluding carboxylic acids is 2. The van der Waals surface area contributed by atoms with Crippen LogP contribution in [0.2, 0.25) is 0 Å². The quantitative estimate of drug-likeness (QED) is 0.813. The van der Waals surface area contributed by atoms with E-state index < -0.39 is 0 Å². The van der Waals surface area contributed by atoms with E-state index in [1.165, 1.54) is 0 Å². The summed E-state index contributed by atoms with van der Waals surface area (Å²) in [5.74, 6) is 0.562. The highest BCUT2D eigenvalue weighted by atomic mass is 16.5. The first-order valence-electron chi connectivity index (χ1n) is 9.40. The average molecular weight is 366 g/mol. The highest BCUT2D eigenvalue weighted by molar-refractivity contribution is 6.05. The van der Waals surface area contributed by atoms with Gasteiger partial charge in [0.05, 0.1) is 24.3 Å². The zero-order chi connectivity index (χ0) is 19.2. The molecule has 2 N–H and O–H groups in total. The van der Waals surface area contributed by atoms with E-state index in [2.05, 4.69) is 10.6 Å². The van der Waals surface area contributed by atoms with E-state index in [9.17, 15) is 9.59 Å². The molecule has 2 aromatic carbocycles. The summed E-state index contributed by atoms with van der Waals surface area (Å²) in [4.78, 5) is 25.3. The molecule has 1 aliphatic carbocycles. The van der Waals surface area contributed by atoms with Crippen LogP contribution in [0.4, 0.5) is 5.69 Å². The summed E-state index contributed by atoms with van der Waals surface area (Å²) in [6, 6.07) is 14.8. The fraction of sp³-hybridized carbons (Fsp3) is 0.364. The molecule has 1 aliphatic rings. The second kappa shape index (κ2) is 8.71. The Hall–Kier alpha value is -2.82. The summed E-state index contributed by atoms with van der Waals surface area (Å²) in [7, 11) is 3.21. The third-order valence-corrected chi connectivity index (χ3v) is 5.29. The van der Waals surface area contributed by atoms with Crippen molar-refractivity contribution in [2.24, 2.45) is 5.92 Å². The molecule has 3 rings (SSSR count). The summed E-state index contributed by atoms with van der Waals surface area (Å²) in [6.07, 6.45) is 4.39. The number of anilines is 1. The summed E-state index contributed by atoms with van der Waals surface area (Å²) >= 11 is 0. The summed E-state index contributed by atoms with van der Waals surface area (Å²) in [6.45, 7) is 0. The van der Waals surface area contributed by atoms with E-state index in [0.29, 0.717) is 17.2 Å². The van der Waals surface area contributed by atoms with Crippen molar-refractivity contribution in [3.8, 4) is 5.75 Å². The largest absolute Gasteiger partial charge is 0.497 e. The minimum Gasteiger partial charge on any atom is -0.497 e. The van der Waals surface area contributed by atoms with Gasteiger partial charge in [0.15, 0.2) is 0 Å².